The number of aliphatic hydroxyl groups excluding tert-OH is 1. The number of hydrogen-bond donors (Lipinski definition) is 1. The molecule has 1 N–H and O–H groups in total. The monoisotopic (exact) mass is 290 g/mol. The van der Waals surface area contributed by atoms with Gasteiger partial charge in [-0.3, -0.25) is 15.0 Å². The molecule has 114 valence electrons. The van der Waals surface area contributed by atoms with E-state index in [0.29, 0.717) is 12.0 Å². The van der Waals surface area contributed by atoms with Crippen LogP contribution in [0, 0.1) is 16.0 Å². The van der Waals surface area contributed by atoms with Crippen LogP contribution in [0.2, 0.25) is 0 Å². The number of non-ortho nitro benzene ring substituents is 1. The molecule has 21 heavy (non-hydrogen) atoms. The molecule has 0 aromatic heterocycles. The van der Waals surface area contributed by atoms with Gasteiger partial charge in [-0.2, -0.15) is 0 Å². The summed E-state index contributed by atoms with van der Waals surface area (Å²) in [5.41, 5.74) is 1.25. The Labute approximate surface area is 124 Å². The van der Waals surface area contributed by atoms with Crippen molar-refractivity contribution in [1.29, 1.82) is 0 Å². The van der Waals surface area contributed by atoms with Crippen molar-refractivity contribution in [2.24, 2.45) is 5.92 Å². The Bertz CT molecular complexity index is 503. The van der Waals surface area contributed by atoms with Crippen LogP contribution in [-0.2, 0) is 6.54 Å². The van der Waals surface area contributed by atoms with Crippen LogP contribution in [0.1, 0.15) is 37.7 Å². The van der Waals surface area contributed by atoms with Gasteiger partial charge >= 0.3 is 0 Å². The van der Waals surface area contributed by atoms with E-state index in [2.05, 4.69) is 4.90 Å². The minimum Gasteiger partial charge on any atom is -0.393 e. The van der Waals surface area contributed by atoms with Gasteiger partial charge in [0.15, 0.2) is 0 Å². The molecule has 3 unspecified atom stereocenters. The molecule has 0 radical (unpaired) electrons. The fraction of sp³-hybridized carbons (Fsp3) is 0.625. The zero-order valence-electron chi connectivity index (χ0n) is 12.1. The molecule has 5 nitrogen and oxygen atoms in total. The lowest BCUT2D eigenvalue weighted by molar-refractivity contribution is -0.384. The van der Waals surface area contributed by atoms with E-state index in [9.17, 15) is 15.2 Å². The van der Waals surface area contributed by atoms with E-state index in [1.54, 1.807) is 12.1 Å². The molecule has 3 rings (SSSR count). The summed E-state index contributed by atoms with van der Waals surface area (Å²) in [5.74, 6) is 0.408. The van der Waals surface area contributed by atoms with Gasteiger partial charge < -0.3 is 5.11 Å². The summed E-state index contributed by atoms with van der Waals surface area (Å²) in [6, 6.07) is 7.31. The SMILES string of the molecule is O=[N+]([O-])c1ccc(CN2CCCC2C2CCCC2O)cc1. The Balaban J connectivity index is 1.67. The van der Waals surface area contributed by atoms with Crippen LogP contribution in [0.5, 0.6) is 0 Å². The quantitative estimate of drug-likeness (QED) is 0.684. The number of nitro benzene ring substituents is 1. The number of rotatable bonds is 4. The summed E-state index contributed by atoms with van der Waals surface area (Å²) in [7, 11) is 0. The number of likely N-dealkylation sites (tertiary alicyclic amines) is 1. The predicted octanol–water partition coefficient (Wildman–Crippen LogP) is 2.72. The van der Waals surface area contributed by atoms with Gasteiger partial charge in [0.25, 0.3) is 5.69 Å². The number of nitro groups is 1. The fourth-order valence-electron chi connectivity index (χ4n) is 3.91. The Morgan fingerprint density at radius 2 is 1.95 bits per heavy atom. The van der Waals surface area contributed by atoms with E-state index in [1.165, 1.54) is 6.42 Å². The highest BCUT2D eigenvalue weighted by molar-refractivity contribution is 5.32. The van der Waals surface area contributed by atoms with Gasteiger partial charge in [0.2, 0.25) is 0 Å². The summed E-state index contributed by atoms with van der Waals surface area (Å²) in [6.07, 6.45) is 5.39. The molecule has 1 saturated carbocycles. The molecular weight excluding hydrogens is 268 g/mol. The standard InChI is InChI=1S/C16H22N2O3/c19-16-5-1-3-14(16)15-4-2-10-17(15)11-12-6-8-13(9-7-12)18(20)21/h6-9,14-16,19H,1-5,10-11H2. The highest BCUT2D eigenvalue weighted by Gasteiger charge is 2.37. The molecule has 0 bridgehead atoms. The zero-order chi connectivity index (χ0) is 14.8. The molecule has 1 aromatic carbocycles. The van der Waals surface area contributed by atoms with Gasteiger partial charge in [-0.1, -0.05) is 18.6 Å². The van der Waals surface area contributed by atoms with Crippen molar-refractivity contribution in [2.45, 2.75) is 50.8 Å². The topological polar surface area (TPSA) is 66.6 Å². The summed E-state index contributed by atoms with van der Waals surface area (Å²) in [4.78, 5) is 12.8. The first-order chi connectivity index (χ1) is 10.1. The van der Waals surface area contributed by atoms with Crippen LogP contribution in [0.3, 0.4) is 0 Å². The van der Waals surface area contributed by atoms with Crippen LogP contribution in [0.15, 0.2) is 24.3 Å². The highest BCUT2D eigenvalue weighted by atomic mass is 16.6. The zero-order valence-corrected chi connectivity index (χ0v) is 12.1. The van der Waals surface area contributed by atoms with Crippen molar-refractivity contribution in [3.8, 4) is 0 Å². The van der Waals surface area contributed by atoms with Crippen molar-refractivity contribution in [1.82, 2.24) is 4.90 Å². The third kappa shape index (κ3) is 3.09. The number of nitrogens with zero attached hydrogens (tertiary/aromatic N) is 2. The third-order valence-electron chi connectivity index (χ3n) is 4.97. The molecule has 0 spiro atoms. The molecule has 0 amide bonds. The van der Waals surface area contributed by atoms with Gasteiger partial charge in [-0.15, -0.1) is 0 Å². The van der Waals surface area contributed by atoms with Crippen molar-refractivity contribution in [3.63, 3.8) is 0 Å². The summed E-state index contributed by atoms with van der Waals surface area (Å²) in [6.45, 7) is 1.89. The molecule has 3 atom stereocenters. The number of benzene rings is 1. The highest BCUT2D eigenvalue weighted by Crippen LogP contribution is 2.36. The van der Waals surface area contributed by atoms with Crippen LogP contribution < -0.4 is 0 Å². The van der Waals surface area contributed by atoms with Crippen LogP contribution in [0.25, 0.3) is 0 Å². The largest absolute Gasteiger partial charge is 0.393 e. The second-order valence-corrected chi connectivity index (χ2v) is 6.27. The first-order valence-electron chi connectivity index (χ1n) is 7.80. The van der Waals surface area contributed by atoms with Crippen LogP contribution in [-0.4, -0.2) is 33.6 Å². The minimum absolute atomic E-state index is 0.142. The summed E-state index contributed by atoms with van der Waals surface area (Å²) >= 11 is 0. The molecule has 1 aromatic rings. The second kappa shape index (κ2) is 6.12. The van der Waals surface area contributed by atoms with Crippen LogP contribution >= 0.6 is 0 Å². The van der Waals surface area contributed by atoms with Gasteiger partial charge in [0.05, 0.1) is 11.0 Å². The average Bonchev–Trinajstić information content (AvgIpc) is 3.08. The molecule has 2 fully saturated rings. The van der Waals surface area contributed by atoms with E-state index < -0.39 is 0 Å². The number of aliphatic hydroxyl groups is 1. The maximum Gasteiger partial charge on any atom is 0.269 e. The maximum atomic E-state index is 10.7. The molecule has 5 heteroatoms. The Kier molecular flexibility index (Phi) is 4.22. The normalized spacial score (nSPS) is 29.9. The molecular formula is C16H22N2O3. The van der Waals surface area contributed by atoms with E-state index in [1.807, 2.05) is 12.1 Å². The van der Waals surface area contributed by atoms with Gasteiger partial charge in [0, 0.05) is 30.6 Å². The average molecular weight is 290 g/mol. The van der Waals surface area contributed by atoms with E-state index in [0.717, 1.165) is 44.3 Å². The van der Waals surface area contributed by atoms with Gasteiger partial charge in [-0.25, -0.2) is 0 Å². The maximum absolute atomic E-state index is 10.7. The van der Waals surface area contributed by atoms with Crippen molar-refractivity contribution in [3.05, 3.63) is 39.9 Å². The Hall–Kier alpha value is -1.46. The minimum atomic E-state index is -0.364. The first-order valence-corrected chi connectivity index (χ1v) is 7.80. The smallest absolute Gasteiger partial charge is 0.269 e. The fourth-order valence-corrected chi connectivity index (χ4v) is 3.91. The van der Waals surface area contributed by atoms with E-state index in [-0.39, 0.29) is 16.7 Å². The lowest BCUT2D eigenvalue weighted by Gasteiger charge is -2.31. The van der Waals surface area contributed by atoms with Crippen molar-refractivity contribution < 1.29 is 10.0 Å². The van der Waals surface area contributed by atoms with Gasteiger partial charge in [0.1, 0.15) is 0 Å². The molecule has 1 aliphatic heterocycles. The van der Waals surface area contributed by atoms with E-state index >= 15 is 0 Å². The molecule has 1 heterocycles. The lowest BCUT2D eigenvalue weighted by Crippen LogP contribution is -2.38. The Morgan fingerprint density at radius 3 is 2.57 bits per heavy atom. The first kappa shape index (κ1) is 14.5. The molecule has 2 aliphatic rings. The van der Waals surface area contributed by atoms with Crippen molar-refractivity contribution >= 4 is 5.69 Å². The lowest BCUT2D eigenvalue weighted by atomic mass is 9.94. The molecule has 1 saturated heterocycles. The van der Waals surface area contributed by atoms with Crippen molar-refractivity contribution in [2.75, 3.05) is 6.54 Å². The second-order valence-electron chi connectivity index (χ2n) is 6.27. The summed E-state index contributed by atoms with van der Waals surface area (Å²) < 4.78 is 0. The Morgan fingerprint density at radius 1 is 1.19 bits per heavy atom. The predicted molar refractivity (Wildman–Crippen MR) is 79.9 cm³/mol. The van der Waals surface area contributed by atoms with Crippen LogP contribution in [0.4, 0.5) is 5.69 Å². The third-order valence-corrected chi connectivity index (χ3v) is 4.97. The van der Waals surface area contributed by atoms with Gasteiger partial charge in [-0.05, 0) is 37.8 Å². The number of hydrogen-bond acceptors (Lipinski definition) is 4. The molecule has 1 aliphatic carbocycles. The summed E-state index contributed by atoms with van der Waals surface area (Å²) in [5, 5.41) is 20.8. The van der Waals surface area contributed by atoms with E-state index in [4.69, 9.17) is 0 Å².